The summed E-state index contributed by atoms with van der Waals surface area (Å²) in [6, 6.07) is 6.86. The first-order valence-electron chi connectivity index (χ1n) is 6.21. The predicted octanol–water partition coefficient (Wildman–Crippen LogP) is 1.24. The SMILES string of the molecule is O=C1c2cccc(S(=O)(=O)O)c2C(=O)c2cccc([N+](=O)[O-])c21.[Na]. The fourth-order valence-corrected chi connectivity index (χ4v) is 3.27. The van der Waals surface area contributed by atoms with Crippen molar-refractivity contribution in [1.29, 1.82) is 0 Å². The van der Waals surface area contributed by atoms with E-state index in [0.29, 0.717) is 0 Å². The Morgan fingerprint density at radius 3 is 1.96 bits per heavy atom. The summed E-state index contributed by atoms with van der Waals surface area (Å²) in [5, 5.41) is 11.1. The van der Waals surface area contributed by atoms with E-state index in [2.05, 4.69) is 0 Å². The summed E-state index contributed by atoms with van der Waals surface area (Å²) < 4.78 is 32.1. The van der Waals surface area contributed by atoms with Gasteiger partial charge in [-0.05, 0) is 12.1 Å². The van der Waals surface area contributed by atoms with Crippen LogP contribution in [0.5, 0.6) is 0 Å². The summed E-state index contributed by atoms with van der Waals surface area (Å²) in [6.07, 6.45) is 0. The van der Waals surface area contributed by atoms with E-state index >= 15 is 0 Å². The number of fused-ring (bicyclic) bond motifs is 2. The van der Waals surface area contributed by atoms with Gasteiger partial charge in [-0.15, -0.1) is 0 Å². The van der Waals surface area contributed by atoms with Gasteiger partial charge in [0, 0.05) is 46.8 Å². The first-order chi connectivity index (χ1) is 10.7. The Hall–Kier alpha value is -1.91. The molecule has 1 radical (unpaired) electrons. The van der Waals surface area contributed by atoms with Crippen LogP contribution < -0.4 is 0 Å². The van der Waals surface area contributed by atoms with E-state index in [-0.39, 0.29) is 46.2 Å². The molecule has 0 saturated heterocycles. The second-order valence-electron chi connectivity index (χ2n) is 4.77. The molecule has 2 aromatic rings. The third-order valence-electron chi connectivity index (χ3n) is 3.49. The van der Waals surface area contributed by atoms with Crippen molar-refractivity contribution in [1.82, 2.24) is 0 Å². The molecule has 1 aliphatic rings. The molecule has 8 nitrogen and oxygen atoms in total. The van der Waals surface area contributed by atoms with Crippen LogP contribution in [0.25, 0.3) is 0 Å². The van der Waals surface area contributed by atoms with Gasteiger partial charge in [0.1, 0.15) is 10.5 Å². The Kier molecular flexibility index (Phi) is 4.75. The molecule has 0 bridgehead atoms. The Morgan fingerprint density at radius 1 is 0.917 bits per heavy atom. The van der Waals surface area contributed by atoms with E-state index in [4.69, 9.17) is 0 Å². The first-order valence-corrected chi connectivity index (χ1v) is 7.65. The minimum Gasteiger partial charge on any atom is -0.289 e. The molecule has 1 aliphatic carbocycles. The van der Waals surface area contributed by atoms with E-state index in [1.54, 1.807) is 0 Å². The van der Waals surface area contributed by atoms with E-state index in [0.717, 1.165) is 12.1 Å². The number of nitrogens with zero attached hydrogens (tertiary/aromatic N) is 1. The molecule has 0 spiro atoms. The summed E-state index contributed by atoms with van der Waals surface area (Å²) >= 11 is 0. The fourth-order valence-electron chi connectivity index (χ4n) is 2.56. The van der Waals surface area contributed by atoms with Gasteiger partial charge in [0.2, 0.25) is 5.78 Å². The molecule has 0 saturated carbocycles. The maximum Gasteiger partial charge on any atom is 0.295 e. The molecule has 2 aromatic carbocycles. The molecule has 0 atom stereocenters. The van der Waals surface area contributed by atoms with Crippen LogP contribution in [0.1, 0.15) is 31.8 Å². The maximum atomic E-state index is 12.5. The van der Waals surface area contributed by atoms with E-state index in [9.17, 15) is 32.7 Å². The van der Waals surface area contributed by atoms with Gasteiger partial charge in [-0.1, -0.05) is 18.2 Å². The Bertz CT molecular complexity index is 1010. The van der Waals surface area contributed by atoms with Gasteiger partial charge in [0.25, 0.3) is 15.8 Å². The third-order valence-corrected chi connectivity index (χ3v) is 4.38. The van der Waals surface area contributed by atoms with Gasteiger partial charge >= 0.3 is 0 Å². The molecule has 24 heavy (non-hydrogen) atoms. The van der Waals surface area contributed by atoms with Gasteiger partial charge in [-0.25, -0.2) is 0 Å². The Balaban J connectivity index is 0.00000208. The van der Waals surface area contributed by atoms with E-state index in [1.807, 2.05) is 0 Å². The quantitative estimate of drug-likeness (QED) is 0.316. The van der Waals surface area contributed by atoms with Crippen molar-refractivity contribution in [3.8, 4) is 0 Å². The fraction of sp³-hybridized carbons (Fsp3) is 0. The van der Waals surface area contributed by atoms with Crippen molar-refractivity contribution in [2.24, 2.45) is 0 Å². The average Bonchev–Trinajstić information content (AvgIpc) is 2.50. The minimum atomic E-state index is -4.74. The van der Waals surface area contributed by atoms with Crippen molar-refractivity contribution in [3.63, 3.8) is 0 Å². The number of hydrogen-bond donors (Lipinski definition) is 1. The monoisotopic (exact) mass is 356 g/mol. The second-order valence-corrected chi connectivity index (χ2v) is 6.16. The van der Waals surface area contributed by atoms with Crippen molar-refractivity contribution in [3.05, 3.63) is 68.8 Å². The van der Waals surface area contributed by atoms with Crippen molar-refractivity contribution in [2.75, 3.05) is 0 Å². The van der Waals surface area contributed by atoms with E-state index < -0.39 is 42.8 Å². The molecular formula is C14H7NNaO7S. The predicted molar refractivity (Wildman–Crippen MR) is 82.0 cm³/mol. The molecular weight excluding hydrogens is 349 g/mol. The molecule has 3 rings (SSSR count). The zero-order chi connectivity index (χ0) is 16.9. The molecule has 0 aliphatic heterocycles. The molecule has 0 unspecified atom stereocenters. The summed E-state index contributed by atoms with van der Waals surface area (Å²) in [5.41, 5.74) is -1.97. The number of benzene rings is 2. The molecule has 0 fully saturated rings. The second kappa shape index (κ2) is 6.19. The summed E-state index contributed by atoms with van der Waals surface area (Å²) in [6.45, 7) is 0. The Labute approximate surface area is 157 Å². The molecule has 117 valence electrons. The Morgan fingerprint density at radius 2 is 1.42 bits per heavy atom. The molecule has 10 heteroatoms. The summed E-state index contributed by atoms with van der Waals surface area (Å²) in [5.74, 6) is -1.71. The number of rotatable bonds is 2. The molecule has 1 N–H and O–H groups in total. The van der Waals surface area contributed by atoms with Crippen LogP contribution in [-0.4, -0.2) is 59.0 Å². The zero-order valence-electron chi connectivity index (χ0n) is 12.2. The van der Waals surface area contributed by atoms with Crippen LogP contribution in [0.2, 0.25) is 0 Å². The van der Waals surface area contributed by atoms with Gasteiger partial charge in [-0.2, -0.15) is 8.42 Å². The standard InChI is InChI=1S/C14H7NO7S.Na/c16-13-8-4-2-6-10(23(20,21)22)12(8)14(17)7-3-1-5-9(11(7)13)15(18)19;/h1-6H,(H,20,21,22);. The largest absolute Gasteiger partial charge is 0.295 e. The molecule has 0 heterocycles. The zero-order valence-corrected chi connectivity index (χ0v) is 15.0. The number of hydrogen-bond acceptors (Lipinski definition) is 6. The average molecular weight is 356 g/mol. The molecule has 0 aromatic heterocycles. The van der Waals surface area contributed by atoms with Crippen LogP contribution in [0.3, 0.4) is 0 Å². The van der Waals surface area contributed by atoms with Crippen LogP contribution in [0.15, 0.2) is 41.3 Å². The van der Waals surface area contributed by atoms with Gasteiger partial charge < -0.3 is 0 Å². The maximum absolute atomic E-state index is 12.5. The van der Waals surface area contributed by atoms with Gasteiger partial charge in [0.05, 0.1) is 10.5 Å². The smallest absolute Gasteiger partial charge is 0.289 e. The van der Waals surface area contributed by atoms with Crippen LogP contribution in [0.4, 0.5) is 5.69 Å². The first kappa shape index (κ1) is 18.4. The number of ketones is 2. The topological polar surface area (TPSA) is 132 Å². The molecule has 0 amide bonds. The van der Waals surface area contributed by atoms with Crippen LogP contribution in [-0.2, 0) is 10.1 Å². The number of nitro benzene ring substituents is 1. The van der Waals surface area contributed by atoms with Crippen molar-refractivity contribution >= 4 is 56.9 Å². The van der Waals surface area contributed by atoms with Crippen molar-refractivity contribution in [2.45, 2.75) is 4.90 Å². The normalized spacial score (nSPS) is 12.9. The summed E-state index contributed by atoms with van der Waals surface area (Å²) in [7, 11) is -4.74. The number of carbonyl (C=O) groups is 2. The third kappa shape index (κ3) is 2.70. The summed E-state index contributed by atoms with van der Waals surface area (Å²) in [4.78, 5) is 34.6. The minimum absolute atomic E-state index is 0. The van der Waals surface area contributed by atoms with Crippen LogP contribution >= 0.6 is 0 Å². The number of nitro groups is 1. The van der Waals surface area contributed by atoms with Gasteiger partial charge in [0.15, 0.2) is 5.78 Å². The van der Waals surface area contributed by atoms with Crippen LogP contribution in [0, 0.1) is 10.1 Å². The van der Waals surface area contributed by atoms with Gasteiger partial charge in [-0.3, -0.25) is 24.3 Å². The van der Waals surface area contributed by atoms with Crippen molar-refractivity contribution < 1.29 is 27.5 Å². The van der Waals surface area contributed by atoms with E-state index in [1.165, 1.54) is 24.3 Å². The number of carbonyl (C=O) groups excluding carboxylic acids is 2.